The minimum atomic E-state index is -0.356. The van der Waals surface area contributed by atoms with E-state index in [9.17, 15) is 9.59 Å². The van der Waals surface area contributed by atoms with E-state index in [1.54, 1.807) is 0 Å². The maximum Gasteiger partial charge on any atom is 0.193 e. The largest absolute Gasteiger partial charge is 0.464 e. The molecule has 0 fully saturated rings. The highest BCUT2D eigenvalue weighted by Crippen LogP contribution is 2.41. The Labute approximate surface area is 174 Å². The number of anilines is 2. The molecule has 5 rings (SSSR count). The molecule has 0 spiro atoms. The Morgan fingerprint density at radius 1 is 0.967 bits per heavy atom. The average molecular weight is 398 g/mol. The topological polar surface area (TPSA) is 71.3 Å². The van der Waals surface area contributed by atoms with Crippen LogP contribution in [0.4, 0.5) is 11.4 Å². The van der Waals surface area contributed by atoms with E-state index in [1.807, 2.05) is 67.6 Å². The van der Waals surface area contributed by atoms with Gasteiger partial charge in [-0.1, -0.05) is 30.3 Å². The average Bonchev–Trinajstić information content (AvgIpc) is 3.11. The van der Waals surface area contributed by atoms with Crippen molar-refractivity contribution in [2.75, 3.05) is 10.6 Å². The molecular weight excluding hydrogens is 376 g/mol. The number of nitrogens with one attached hydrogen (secondary N) is 2. The molecule has 1 aromatic heterocycles. The van der Waals surface area contributed by atoms with E-state index in [0.29, 0.717) is 23.3 Å². The van der Waals surface area contributed by atoms with Gasteiger partial charge in [-0.2, -0.15) is 0 Å². The number of carbonyl (C=O) groups excluding carboxylic acids is 2. The van der Waals surface area contributed by atoms with Gasteiger partial charge in [-0.25, -0.2) is 0 Å². The SMILES string of the molecule is Cc1ccc([C@@H]2Nc3ccc(C(=O)c4ccccc4)cc3NC3=C2C(=O)CCC3)o1. The molecule has 0 radical (unpaired) electrons. The predicted octanol–water partition coefficient (Wildman–Crippen LogP) is 5.40. The van der Waals surface area contributed by atoms with E-state index in [2.05, 4.69) is 10.6 Å². The molecule has 5 nitrogen and oxygen atoms in total. The first-order chi connectivity index (χ1) is 14.6. The van der Waals surface area contributed by atoms with Gasteiger partial charge in [0, 0.05) is 28.8 Å². The van der Waals surface area contributed by atoms with Gasteiger partial charge in [0.2, 0.25) is 0 Å². The minimum Gasteiger partial charge on any atom is -0.464 e. The molecule has 0 saturated heterocycles. The second-order valence-corrected chi connectivity index (χ2v) is 7.78. The van der Waals surface area contributed by atoms with Crippen molar-refractivity contribution in [3.63, 3.8) is 0 Å². The molecule has 1 atom stereocenters. The number of carbonyl (C=O) groups is 2. The van der Waals surface area contributed by atoms with E-state index in [1.165, 1.54) is 0 Å². The number of furan rings is 1. The summed E-state index contributed by atoms with van der Waals surface area (Å²) in [6.45, 7) is 1.89. The van der Waals surface area contributed by atoms with Crippen LogP contribution in [-0.2, 0) is 4.79 Å². The van der Waals surface area contributed by atoms with Crippen molar-refractivity contribution in [3.05, 3.63) is 94.6 Å². The first-order valence-corrected chi connectivity index (χ1v) is 10.2. The molecule has 2 aliphatic rings. The molecule has 3 aromatic rings. The van der Waals surface area contributed by atoms with Gasteiger partial charge in [0.05, 0.1) is 11.4 Å². The standard InChI is InChI=1S/C25H22N2O3/c1-15-10-13-22(30-15)24-23-19(8-5-9-21(23)28)26-20-14-17(11-12-18(20)27-24)25(29)16-6-3-2-4-7-16/h2-4,6-7,10-14,24,26-27H,5,8-9H2,1H3/t24-/m0/s1. The lowest BCUT2D eigenvalue weighted by molar-refractivity contribution is -0.116. The second-order valence-electron chi connectivity index (χ2n) is 7.78. The summed E-state index contributed by atoms with van der Waals surface area (Å²) in [4.78, 5) is 25.8. The molecule has 1 aliphatic carbocycles. The molecule has 0 unspecified atom stereocenters. The molecule has 0 saturated carbocycles. The summed E-state index contributed by atoms with van der Waals surface area (Å²) < 4.78 is 5.88. The number of hydrogen-bond donors (Lipinski definition) is 2. The van der Waals surface area contributed by atoms with E-state index in [-0.39, 0.29) is 17.6 Å². The number of allylic oxidation sites excluding steroid dienone is 1. The van der Waals surface area contributed by atoms with Crippen LogP contribution in [-0.4, -0.2) is 11.6 Å². The van der Waals surface area contributed by atoms with Crippen LogP contribution >= 0.6 is 0 Å². The van der Waals surface area contributed by atoms with Crippen LogP contribution in [0, 0.1) is 6.92 Å². The van der Waals surface area contributed by atoms with Gasteiger partial charge < -0.3 is 15.1 Å². The summed E-state index contributed by atoms with van der Waals surface area (Å²) in [5.74, 6) is 1.62. The molecule has 0 bridgehead atoms. The van der Waals surface area contributed by atoms with E-state index >= 15 is 0 Å². The van der Waals surface area contributed by atoms with Gasteiger partial charge in [-0.15, -0.1) is 0 Å². The third kappa shape index (κ3) is 3.22. The van der Waals surface area contributed by atoms with Gasteiger partial charge in [0.25, 0.3) is 0 Å². The first-order valence-electron chi connectivity index (χ1n) is 10.2. The van der Waals surface area contributed by atoms with Gasteiger partial charge in [0.15, 0.2) is 11.6 Å². The summed E-state index contributed by atoms with van der Waals surface area (Å²) in [5.41, 5.74) is 4.51. The second kappa shape index (κ2) is 7.34. The first kappa shape index (κ1) is 18.4. The number of ketones is 2. The number of hydrogen-bond acceptors (Lipinski definition) is 5. The summed E-state index contributed by atoms with van der Waals surface area (Å²) in [7, 11) is 0. The molecule has 5 heteroatoms. The van der Waals surface area contributed by atoms with Crippen molar-refractivity contribution in [1.82, 2.24) is 0 Å². The highest BCUT2D eigenvalue weighted by atomic mass is 16.3. The molecule has 2 N–H and O–H groups in total. The lowest BCUT2D eigenvalue weighted by Crippen LogP contribution is -2.23. The smallest absolute Gasteiger partial charge is 0.193 e. The number of rotatable bonds is 3. The van der Waals surface area contributed by atoms with Crippen molar-refractivity contribution in [1.29, 1.82) is 0 Å². The fourth-order valence-electron chi connectivity index (χ4n) is 4.21. The molecular formula is C25H22N2O3. The Kier molecular flexibility index (Phi) is 4.51. The maximum absolute atomic E-state index is 12.9. The van der Waals surface area contributed by atoms with Crippen LogP contribution in [0.3, 0.4) is 0 Å². The Bertz CT molecular complexity index is 1170. The summed E-state index contributed by atoms with van der Waals surface area (Å²) >= 11 is 0. The van der Waals surface area contributed by atoms with Crippen molar-refractivity contribution >= 4 is 22.9 Å². The van der Waals surface area contributed by atoms with Crippen LogP contribution in [0.5, 0.6) is 0 Å². The van der Waals surface area contributed by atoms with Gasteiger partial charge in [-0.05, 0) is 50.1 Å². The van der Waals surface area contributed by atoms with Gasteiger partial charge >= 0.3 is 0 Å². The zero-order valence-electron chi connectivity index (χ0n) is 16.7. The highest BCUT2D eigenvalue weighted by Gasteiger charge is 2.33. The number of fused-ring (bicyclic) bond motifs is 1. The fourth-order valence-corrected chi connectivity index (χ4v) is 4.21. The Hall–Kier alpha value is -3.60. The Balaban J connectivity index is 1.58. The number of benzene rings is 2. The van der Waals surface area contributed by atoms with E-state index in [0.717, 1.165) is 41.2 Å². The van der Waals surface area contributed by atoms with Gasteiger partial charge in [0.1, 0.15) is 17.6 Å². The van der Waals surface area contributed by atoms with Crippen molar-refractivity contribution < 1.29 is 14.0 Å². The molecule has 1 aliphatic heterocycles. The predicted molar refractivity (Wildman–Crippen MR) is 116 cm³/mol. The Morgan fingerprint density at radius 2 is 1.80 bits per heavy atom. The molecule has 0 amide bonds. The fraction of sp³-hybridized carbons (Fsp3) is 0.200. The minimum absolute atomic E-state index is 0.0309. The van der Waals surface area contributed by atoms with Crippen molar-refractivity contribution in [3.8, 4) is 0 Å². The zero-order chi connectivity index (χ0) is 20.7. The molecule has 2 aromatic carbocycles. The zero-order valence-corrected chi connectivity index (χ0v) is 16.7. The Morgan fingerprint density at radius 3 is 2.57 bits per heavy atom. The van der Waals surface area contributed by atoms with Crippen LogP contribution in [0.25, 0.3) is 0 Å². The quantitative estimate of drug-likeness (QED) is 0.578. The third-order valence-electron chi connectivity index (χ3n) is 5.69. The van der Waals surface area contributed by atoms with E-state index < -0.39 is 0 Å². The van der Waals surface area contributed by atoms with Crippen LogP contribution in [0.2, 0.25) is 0 Å². The summed E-state index contributed by atoms with van der Waals surface area (Å²) in [6.07, 6.45) is 2.13. The maximum atomic E-state index is 12.9. The van der Waals surface area contributed by atoms with Crippen molar-refractivity contribution in [2.45, 2.75) is 32.2 Å². The normalized spacial score (nSPS) is 18.0. The number of aryl methyl sites for hydroxylation is 1. The molecule has 30 heavy (non-hydrogen) atoms. The lowest BCUT2D eigenvalue weighted by Gasteiger charge is -2.23. The third-order valence-corrected chi connectivity index (χ3v) is 5.69. The summed E-state index contributed by atoms with van der Waals surface area (Å²) in [5, 5.41) is 6.93. The van der Waals surface area contributed by atoms with Crippen molar-refractivity contribution in [2.24, 2.45) is 0 Å². The van der Waals surface area contributed by atoms with Crippen LogP contribution in [0.1, 0.15) is 52.7 Å². The van der Waals surface area contributed by atoms with Crippen LogP contribution < -0.4 is 10.6 Å². The number of Topliss-reactive ketones (excluding diaryl/α,β-unsaturated/α-hetero) is 1. The van der Waals surface area contributed by atoms with Gasteiger partial charge in [-0.3, -0.25) is 9.59 Å². The monoisotopic (exact) mass is 398 g/mol. The van der Waals surface area contributed by atoms with E-state index in [4.69, 9.17) is 4.42 Å². The van der Waals surface area contributed by atoms with Crippen LogP contribution in [0.15, 0.2) is 76.4 Å². The molecule has 150 valence electrons. The summed E-state index contributed by atoms with van der Waals surface area (Å²) in [6, 6.07) is 18.3. The highest BCUT2D eigenvalue weighted by molar-refractivity contribution is 6.10. The lowest BCUT2D eigenvalue weighted by atomic mass is 9.89. The molecule has 2 heterocycles.